The summed E-state index contributed by atoms with van der Waals surface area (Å²) in [4.78, 5) is 38.8. The van der Waals surface area contributed by atoms with Crippen LogP contribution in [0.4, 0.5) is 5.69 Å². The Morgan fingerprint density at radius 1 is 1.07 bits per heavy atom. The summed E-state index contributed by atoms with van der Waals surface area (Å²) in [7, 11) is 1.57. The minimum atomic E-state index is -0.902. The third-order valence-electron chi connectivity index (χ3n) is 4.84. The Morgan fingerprint density at radius 2 is 1.71 bits per heavy atom. The molecule has 2 aromatic rings. The molecule has 2 aromatic carbocycles. The molecule has 0 saturated carbocycles. The molecule has 1 aliphatic rings. The van der Waals surface area contributed by atoms with E-state index in [1.807, 2.05) is 19.1 Å². The number of esters is 1. The van der Waals surface area contributed by atoms with Crippen LogP contribution < -0.4 is 9.64 Å². The molecule has 0 aromatic heterocycles. The molecule has 1 heterocycles. The number of amides is 1. The van der Waals surface area contributed by atoms with Gasteiger partial charge in [-0.15, -0.1) is 0 Å². The van der Waals surface area contributed by atoms with E-state index in [1.54, 1.807) is 55.3 Å². The van der Waals surface area contributed by atoms with Crippen LogP contribution in [0, 0.1) is 12.8 Å². The van der Waals surface area contributed by atoms with Gasteiger partial charge in [0.25, 0.3) is 0 Å². The summed E-state index contributed by atoms with van der Waals surface area (Å²) in [5.41, 5.74) is 2.24. The third-order valence-corrected chi connectivity index (χ3v) is 4.84. The molecule has 1 fully saturated rings. The maximum Gasteiger partial charge on any atom is 0.312 e. The zero-order valence-electron chi connectivity index (χ0n) is 16.2. The molecule has 0 radical (unpaired) electrons. The molecule has 0 N–H and O–H groups in total. The first kappa shape index (κ1) is 19.6. The molecule has 6 nitrogen and oxygen atoms in total. The molecule has 0 aliphatic carbocycles. The molecular formula is C22H23NO5. The molecule has 1 aliphatic heterocycles. The molecular weight excluding hydrogens is 358 g/mol. The highest BCUT2D eigenvalue weighted by molar-refractivity contribution is 6.02. The quantitative estimate of drug-likeness (QED) is 0.568. The van der Waals surface area contributed by atoms with Crippen molar-refractivity contribution in [1.29, 1.82) is 0 Å². The van der Waals surface area contributed by atoms with E-state index < -0.39 is 18.0 Å². The normalized spacial score (nSPS) is 17.3. The maximum atomic E-state index is 12.5. The number of methoxy groups -OCH3 is 1. The van der Waals surface area contributed by atoms with Gasteiger partial charge >= 0.3 is 5.97 Å². The van der Waals surface area contributed by atoms with E-state index in [-0.39, 0.29) is 24.7 Å². The first-order valence-electron chi connectivity index (χ1n) is 9.15. The molecule has 0 bridgehead atoms. The van der Waals surface area contributed by atoms with Crippen molar-refractivity contribution in [3.63, 3.8) is 0 Å². The summed E-state index contributed by atoms with van der Waals surface area (Å²) in [6.45, 7) is 3.72. The van der Waals surface area contributed by atoms with Crippen molar-refractivity contribution >= 4 is 23.3 Å². The van der Waals surface area contributed by atoms with Gasteiger partial charge in [-0.05, 0) is 38.1 Å². The van der Waals surface area contributed by atoms with E-state index in [4.69, 9.17) is 9.47 Å². The van der Waals surface area contributed by atoms with Crippen LogP contribution in [0.15, 0.2) is 48.5 Å². The largest absolute Gasteiger partial charge is 0.497 e. The van der Waals surface area contributed by atoms with E-state index in [1.165, 1.54) is 0 Å². The molecule has 2 atom stereocenters. The molecule has 1 amide bonds. The molecule has 6 heteroatoms. The fraction of sp³-hybridized carbons (Fsp3) is 0.318. The first-order chi connectivity index (χ1) is 13.4. The summed E-state index contributed by atoms with van der Waals surface area (Å²) in [5, 5.41) is 0. The zero-order valence-corrected chi connectivity index (χ0v) is 16.2. The van der Waals surface area contributed by atoms with Gasteiger partial charge in [-0.25, -0.2) is 0 Å². The maximum absolute atomic E-state index is 12.5. The number of anilines is 1. The lowest BCUT2D eigenvalue weighted by Gasteiger charge is -2.18. The summed E-state index contributed by atoms with van der Waals surface area (Å²) in [6, 6.07) is 14.2. The Balaban J connectivity index is 1.62. The summed E-state index contributed by atoms with van der Waals surface area (Å²) in [6.07, 6.45) is -0.837. The lowest BCUT2D eigenvalue weighted by Crippen LogP contribution is -2.30. The molecule has 3 rings (SSSR count). The number of aryl methyl sites for hydroxylation is 1. The predicted octanol–water partition coefficient (Wildman–Crippen LogP) is 3.17. The molecule has 0 unspecified atom stereocenters. The Morgan fingerprint density at radius 3 is 2.32 bits per heavy atom. The monoisotopic (exact) mass is 381 g/mol. The standard InChI is InChI=1S/C22H23NO5/c1-14-4-6-16(7-5-14)21(25)15(2)28-22(26)17-12-20(24)23(13-17)18-8-10-19(27-3)11-9-18/h4-11,15,17H,12-13H2,1-3H3/t15-,17+/m0/s1. The second-order valence-electron chi connectivity index (χ2n) is 6.91. The van der Waals surface area contributed by atoms with Gasteiger partial charge in [-0.1, -0.05) is 29.8 Å². The summed E-state index contributed by atoms with van der Waals surface area (Å²) >= 11 is 0. The van der Waals surface area contributed by atoms with Crippen LogP contribution in [-0.2, 0) is 14.3 Å². The van der Waals surface area contributed by atoms with Gasteiger partial charge in [0.15, 0.2) is 6.10 Å². The van der Waals surface area contributed by atoms with Crippen molar-refractivity contribution < 1.29 is 23.9 Å². The highest BCUT2D eigenvalue weighted by Gasteiger charge is 2.37. The first-order valence-corrected chi connectivity index (χ1v) is 9.15. The average molecular weight is 381 g/mol. The predicted molar refractivity (Wildman–Crippen MR) is 105 cm³/mol. The number of Topliss-reactive ketones (excluding diaryl/α,β-unsaturated/α-hetero) is 1. The second-order valence-corrected chi connectivity index (χ2v) is 6.91. The third kappa shape index (κ3) is 4.22. The van der Waals surface area contributed by atoms with E-state index >= 15 is 0 Å². The van der Waals surface area contributed by atoms with Gasteiger partial charge < -0.3 is 14.4 Å². The van der Waals surface area contributed by atoms with Crippen LogP contribution in [-0.4, -0.2) is 37.4 Å². The van der Waals surface area contributed by atoms with Gasteiger partial charge in [0.1, 0.15) is 5.75 Å². The van der Waals surface area contributed by atoms with Crippen molar-refractivity contribution in [3.8, 4) is 5.75 Å². The lowest BCUT2D eigenvalue weighted by molar-refractivity contribution is -0.151. The molecule has 146 valence electrons. The number of ketones is 1. The van der Waals surface area contributed by atoms with Crippen LogP contribution in [0.3, 0.4) is 0 Å². The zero-order chi connectivity index (χ0) is 20.3. The van der Waals surface area contributed by atoms with Gasteiger partial charge in [-0.3, -0.25) is 14.4 Å². The van der Waals surface area contributed by atoms with Gasteiger partial charge in [0, 0.05) is 24.2 Å². The number of hydrogen-bond acceptors (Lipinski definition) is 5. The van der Waals surface area contributed by atoms with Crippen molar-refractivity contribution in [3.05, 3.63) is 59.7 Å². The Bertz CT molecular complexity index is 873. The number of carbonyl (C=O) groups excluding carboxylic acids is 3. The van der Waals surface area contributed by atoms with E-state index in [2.05, 4.69) is 0 Å². The highest BCUT2D eigenvalue weighted by Crippen LogP contribution is 2.27. The minimum Gasteiger partial charge on any atom is -0.497 e. The Hall–Kier alpha value is -3.15. The Kier molecular flexibility index (Phi) is 5.78. The number of benzene rings is 2. The van der Waals surface area contributed by atoms with Crippen molar-refractivity contribution in [2.24, 2.45) is 5.92 Å². The van der Waals surface area contributed by atoms with Crippen LogP contribution >= 0.6 is 0 Å². The molecule has 1 saturated heterocycles. The van der Waals surface area contributed by atoms with E-state index in [9.17, 15) is 14.4 Å². The number of ether oxygens (including phenoxy) is 2. The van der Waals surface area contributed by atoms with Crippen molar-refractivity contribution in [2.45, 2.75) is 26.4 Å². The number of rotatable bonds is 6. The van der Waals surface area contributed by atoms with E-state index in [0.29, 0.717) is 17.0 Å². The smallest absolute Gasteiger partial charge is 0.312 e. The minimum absolute atomic E-state index is 0.0658. The van der Waals surface area contributed by atoms with Gasteiger partial charge in [0.2, 0.25) is 11.7 Å². The van der Waals surface area contributed by atoms with Crippen molar-refractivity contribution in [1.82, 2.24) is 0 Å². The molecule has 28 heavy (non-hydrogen) atoms. The Labute approximate surface area is 164 Å². The van der Waals surface area contributed by atoms with Gasteiger partial charge in [0.05, 0.1) is 13.0 Å². The van der Waals surface area contributed by atoms with Crippen LogP contribution in [0.5, 0.6) is 5.75 Å². The van der Waals surface area contributed by atoms with Gasteiger partial charge in [-0.2, -0.15) is 0 Å². The SMILES string of the molecule is COc1ccc(N2C[C@H](C(=O)O[C@@H](C)C(=O)c3ccc(C)cc3)CC2=O)cc1. The summed E-state index contributed by atoms with van der Waals surface area (Å²) < 4.78 is 10.5. The number of nitrogens with zero attached hydrogens (tertiary/aromatic N) is 1. The summed E-state index contributed by atoms with van der Waals surface area (Å²) in [5.74, 6) is -0.843. The second kappa shape index (κ2) is 8.25. The fourth-order valence-corrected chi connectivity index (χ4v) is 3.15. The van der Waals surface area contributed by atoms with Crippen LogP contribution in [0.2, 0.25) is 0 Å². The molecule has 0 spiro atoms. The fourth-order valence-electron chi connectivity index (χ4n) is 3.15. The topological polar surface area (TPSA) is 72.9 Å². The van der Waals surface area contributed by atoms with E-state index in [0.717, 1.165) is 5.56 Å². The van der Waals surface area contributed by atoms with Crippen LogP contribution in [0.1, 0.15) is 29.3 Å². The number of carbonyl (C=O) groups is 3. The lowest BCUT2D eigenvalue weighted by atomic mass is 10.1. The average Bonchev–Trinajstić information content (AvgIpc) is 3.10. The number of hydrogen-bond donors (Lipinski definition) is 0. The highest BCUT2D eigenvalue weighted by atomic mass is 16.5. The van der Waals surface area contributed by atoms with Crippen molar-refractivity contribution in [2.75, 3.05) is 18.6 Å². The van der Waals surface area contributed by atoms with Crippen LogP contribution in [0.25, 0.3) is 0 Å².